The molecule has 0 radical (unpaired) electrons. The molecule has 0 atom stereocenters. The fourth-order valence-electron chi connectivity index (χ4n) is 10.5. The number of para-hydroxylation sites is 3. The van der Waals surface area contributed by atoms with E-state index < -0.39 is 0 Å². The van der Waals surface area contributed by atoms with Crippen LogP contribution in [0.2, 0.25) is 0 Å². The largest absolute Gasteiger partial charge is 0.454 e. The minimum Gasteiger partial charge on any atom is -0.454 e. The summed E-state index contributed by atoms with van der Waals surface area (Å²) in [6, 6.07) is 71.0. The van der Waals surface area contributed by atoms with Crippen LogP contribution in [0.25, 0.3) is 110 Å². The third kappa shape index (κ3) is 4.55. The molecule has 13 rings (SSSR count). The van der Waals surface area contributed by atoms with E-state index in [1.807, 2.05) is 0 Å². The highest BCUT2D eigenvalue weighted by molar-refractivity contribution is 6.17. The lowest BCUT2D eigenvalue weighted by Gasteiger charge is -2.22. The zero-order valence-electron chi connectivity index (χ0n) is 33.3. The molecule has 0 saturated heterocycles. The van der Waals surface area contributed by atoms with Gasteiger partial charge in [0.05, 0.1) is 27.8 Å². The van der Waals surface area contributed by atoms with Gasteiger partial charge in [0.15, 0.2) is 5.58 Å². The fraction of sp³-hybridized carbons (Fsp3) is 0.0526. The van der Waals surface area contributed by atoms with E-state index in [-0.39, 0.29) is 5.41 Å². The van der Waals surface area contributed by atoms with Crippen molar-refractivity contribution >= 4 is 65.6 Å². The van der Waals surface area contributed by atoms with Crippen molar-refractivity contribution in [3.05, 3.63) is 205 Å². The number of aromatic nitrogens is 2. The number of hydrogen-bond donors (Lipinski definition) is 0. The molecule has 1 aliphatic rings. The first-order valence-corrected chi connectivity index (χ1v) is 20.8. The maximum Gasteiger partial charge on any atom is 0.160 e. The first-order valence-electron chi connectivity index (χ1n) is 20.8. The fourth-order valence-corrected chi connectivity index (χ4v) is 10.5. The molecule has 3 heteroatoms. The molecule has 0 bridgehead atoms. The summed E-state index contributed by atoms with van der Waals surface area (Å²) >= 11 is 0. The van der Waals surface area contributed by atoms with Crippen LogP contribution in [0.1, 0.15) is 25.0 Å². The summed E-state index contributed by atoms with van der Waals surface area (Å²) in [5, 5.41) is 7.19. The summed E-state index contributed by atoms with van der Waals surface area (Å²) in [7, 11) is 0. The SMILES string of the molecule is CC1(C)c2ccccc2-c2ccc(-n3c4ccccc4c4cc(-c5ccc6c(c5)c5ccccc5n6-c5ccc(-c6ccccc6)c6c5oc5ccccc56)ccc43)cc21. The Labute approximate surface area is 347 Å². The van der Waals surface area contributed by atoms with E-state index in [4.69, 9.17) is 4.42 Å². The predicted octanol–water partition coefficient (Wildman–Crippen LogP) is 15.4. The summed E-state index contributed by atoms with van der Waals surface area (Å²) in [5.74, 6) is 0. The summed E-state index contributed by atoms with van der Waals surface area (Å²) in [6.07, 6.45) is 0. The number of fused-ring (bicyclic) bond motifs is 12. The Bertz CT molecular complexity index is 3740. The molecular formula is C57H38N2O. The van der Waals surface area contributed by atoms with E-state index >= 15 is 0 Å². The number of rotatable bonds is 4. The Morgan fingerprint density at radius 3 is 1.70 bits per heavy atom. The van der Waals surface area contributed by atoms with Crippen LogP contribution in [-0.4, -0.2) is 9.13 Å². The van der Waals surface area contributed by atoms with Gasteiger partial charge in [-0.3, -0.25) is 0 Å². The van der Waals surface area contributed by atoms with Crippen LogP contribution in [0.15, 0.2) is 199 Å². The number of benzene rings is 9. The van der Waals surface area contributed by atoms with Crippen LogP contribution in [0.5, 0.6) is 0 Å². The Balaban J connectivity index is 0.981. The van der Waals surface area contributed by atoms with E-state index in [2.05, 4.69) is 217 Å². The highest BCUT2D eigenvalue weighted by Crippen LogP contribution is 2.50. The zero-order valence-corrected chi connectivity index (χ0v) is 33.3. The van der Waals surface area contributed by atoms with Crippen LogP contribution in [-0.2, 0) is 5.41 Å². The molecule has 12 aromatic rings. The number of hydrogen-bond acceptors (Lipinski definition) is 1. The van der Waals surface area contributed by atoms with Gasteiger partial charge in [-0.25, -0.2) is 0 Å². The standard InChI is InChI=1S/C57H38N2O/c1-57(2)47-20-10-6-16-40(47)41-27-26-38(34-48(41)57)58-49-21-11-7-17-42(49)45-32-36(24-29-51(45)58)37-25-30-52-46(33-37)43-18-8-12-22-50(43)59(52)53-31-28-39(35-14-4-3-5-15-35)55-44-19-9-13-23-54(44)60-56(53)55/h3-34H,1-2H3. The zero-order chi connectivity index (χ0) is 39.7. The Hall–Kier alpha value is -7.62. The molecule has 60 heavy (non-hydrogen) atoms. The molecule has 3 nitrogen and oxygen atoms in total. The van der Waals surface area contributed by atoms with Gasteiger partial charge in [-0.1, -0.05) is 147 Å². The average Bonchev–Trinajstić information content (AvgIpc) is 4.02. The average molecular weight is 767 g/mol. The second-order valence-corrected chi connectivity index (χ2v) is 16.9. The molecule has 0 amide bonds. The maximum absolute atomic E-state index is 6.79. The van der Waals surface area contributed by atoms with Gasteiger partial charge in [0.2, 0.25) is 0 Å². The van der Waals surface area contributed by atoms with E-state index in [9.17, 15) is 0 Å². The van der Waals surface area contributed by atoms with Crippen LogP contribution in [0, 0.1) is 0 Å². The topological polar surface area (TPSA) is 23.0 Å². The van der Waals surface area contributed by atoms with Crippen molar-refractivity contribution in [2.75, 3.05) is 0 Å². The summed E-state index contributed by atoms with van der Waals surface area (Å²) in [5.41, 5.74) is 18.9. The van der Waals surface area contributed by atoms with Crippen LogP contribution in [0.4, 0.5) is 0 Å². The second kappa shape index (κ2) is 12.2. The van der Waals surface area contributed by atoms with Gasteiger partial charge in [-0.15, -0.1) is 0 Å². The van der Waals surface area contributed by atoms with Crippen molar-refractivity contribution in [3.63, 3.8) is 0 Å². The van der Waals surface area contributed by atoms with Crippen molar-refractivity contribution in [2.45, 2.75) is 19.3 Å². The van der Waals surface area contributed by atoms with Crippen LogP contribution in [0.3, 0.4) is 0 Å². The monoisotopic (exact) mass is 766 g/mol. The highest BCUT2D eigenvalue weighted by atomic mass is 16.3. The summed E-state index contributed by atoms with van der Waals surface area (Å²) in [4.78, 5) is 0. The molecule has 1 aliphatic carbocycles. The van der Waals surface area contributed by atoms with Crippen molar-refractivity contribution in [2.24, 2.45) is 0 Å². The first kappa shape index (κ1) is 33.4. The number of nitrogens with zero attached hydrogens (tertiary/aromatic N) is 2. The molecule has 0 spiro atoms. The van der Waals surface area contributed by atoms with Gasteiger partial charge in [-0.2, -0.15) is 0 Å². The lowest BCUT2D eigenvalue weighted by atomic mass is 9.82. The summed E-state index contributed by atoms with van der Waals surface area (Å²) < 4.78 is 11.6. The molecule has 0 saturated carbocycles. The lowest BCUT2D eigenvalue weighted by molar-refractivity contribution is 0.660. The van der Waals surface area contributed by atoms with Gasteiger partial charge < -0.3 is 13.6 Å². The van der Waals surface area contributed by atoms with Gasteiger partial charge in [0, 0.05) is 43.4 Å². The molecule has 0 aliphatic heterocycles. The lowest BCUT2D eigenvalue weighted by Crippen LogP contribution is -2.15. The molecule has 0 fully saturated rings. The molecule has 3 heterocycles. The minimum absolute atomic E-state index is 0.0701. The second-order valence-electron chi connectivity index (χ2n) is 16.9. The third-order valence-electron chi connectivity index (χ3n) is 13.3. The smallest absolute Gasteiger partial charge is 0.160 e. The molecule has 282 valence electrons. The minimum atomic E-state index is -0.0701. The van der Waals surface area contributed by atoms with Gasteiger partial charge in [-0.05, 0) is 105 Å². The first-order chi connectivity index (χ1) is 29.5. The van der Waals surface area contributed by atoms with E-state index in [1.165, 1.54) is 82.8 Å². The summed E-state index contributed by atoms with van der Waals surface area (Å²) in [6.45, 7) is 4.71. The maximum atomic E-state index is 6.79. The van der Waals surface area contributed by atoms with Gasteiger partial charge >= 0.3 is 0 Å². The predicted molar refractivity (Wildman–Crippen MR) is 251 cm³/mol. The van der Waals surface area contributed by atoms with E-state index in [1.54, 1.807) is 0 Å². The quantitative estimate of drug-likeness (QED) is 0.175. The van der Waals surface area contributed by atoms with Crippen molar-refractivity contribution in [1.82, 2.24) is 9.13 Å². The molecule has 3 aromatic heterocycles. The number of furan rings is 1. The van der Waals surface area contributed by atoms with Crippen molar-refractivity contribution in [1.29, 1.82) is 0 Å². The highest BCUT2D eigenvalue weighted by Gasteiger charge is 2.35. The molecule has 0 unspecified atom stereocenters. The van der Waals surface area contributed by atoms with Gasteiger partial charge in [0.25, 0.3) is 0 Å². The molecular weight excluding hydrogens is 729 g/mol. The molecule has 9 aromatic carbocycles. The Kier molecular flexibility index (Phi) is 6.78. The Morgan fingerprint density at radius 1 is 0.383 bits per heavy atom. The van der Waals surface area contributed by atoms with E-state index in [0.29, 0.717) is 0 Å². The van der Waals surface area contributed by atoms with E-state index in [0.717, 1.165) is 38.7 Å². The third-order valence-corrected chi connectivity index (χ3v) is 13.3. The van der Waals surface area contributed by atoms with Crippen molar-refractivity contribution in [3.8, 4) is 44.8 Å². The van der Waals surface area contributed by atoms with Crippen LogP contribution >= 0.6 is 0 Å². The van der Waals surface area contributed by atoms with Gasteiger partial charge in [0.1, 0.15) is 5.58 Å². The molecule has 0 N–H and O–H groups in total. The van der Waals surface area contributed by atoms with Crippen LogP contribution < -0.4 is 0 Å². The normalized spacial score (nSPS) is 13.3. The van der Waals surface area contributed by atoms with Crippen molar-refractivity contribution < 1.29 is 4.42 Å². The Morgan fingerprint density at radius 2 is 0.950 bits per heavy atom.